The third-order valence-electron chi connectivity index (χ3n) is 2.98. The van der Waals surface area contributed by atoms with E-state index in [1.807, 2.05) is 19.3 Å². The van der Waals surface area contributed by atoms with Crippen molar-refractivity contribution in [3.63, 3.8) is 0 Å². The van der Waals surface area contributed by atoms with Crippen LogP contribution in [0.25, 0.3) is 0 Å². The quantitative estimate of drug-likeness (QED) is 0.841. The summed E-state index contributed by atoms with van der Waals surface area (Å²) >= 11 is 3.39. The van der Waals surface area contributed by atoms with Gasteiger partial charge in [0.25, 0.3) is 0 Å². The number of rotatable bonds is 7. The smallest absolute Gasteiger partial charge is 0.0543 e. The molecule has 2 unspecified atom stereocenters. The number of ether oxygens (including phenoxy) is 1. The van der Waals surface area contributed by atoms with E-state index >= 15 is 0 Å². The fourth-order valence-electron chi connectivity index (χ4n) is 1.68. The molecule has 0 amide bonds. The Morgan fingerprint density at radius 2 is 2.18 bits per heavy atom. The molecule has 0 aromatic carbocycles. The SMILES string of the molecule is CNC(CCC(C)OC)Cc1ccc(Br)cn1. The summed E-state index contributed by atoms with van der Waals surface area (Å²) in [5, 5.41) is 3.34. The van der Waals surface area contributed by atoms with Crippen LogP contribution < -0.4 is 5.32 Å². The van der Waals surface area contributed by atoms with Crippen LogP contribution in [-0.2, 0) is 11.2 Å². The average Bonchev–Trinajstić information content (AvgIpc) is 2.36. The lowest BCUT2D eigenvalue weighted by atomic mass is 10.0. The molecule has 0 aliphatic rings. The predicted molar refractivity (Wildman–Crippen MR) is 74.2 cm³/mol. The maximum absolute atomic E-state index is 5.26. The van der Waals surface area contributed by atoms with Gasteiger partial charge in [-0.25, -0.2) is 0 Å². The summed E-state index contributed by atoms with van der Waals surface area (Å²) in [5.41, 5.74) is 1.12. The Labute approximate surface area is 112 Å². The van der Waals surface area contributed by atoms with Crippen molar-refractivity contribution in [3.05, 3.63) is 28.5 Å². The molecule has 3 nitrogen and oxygen atoms in total. The molecule has 1 rings (SSSR count). The lowest BCUT2D eigenvalue weighted by Crippen LogP contribution is -2.29. The van der Waals surface area contributed by atoms with E-state index < -0.39 is 0 Å². The third-order valence-corrected chi connectivity index (χ3v) is 3.45. The Bertz CT molecular complexity index is 316. The molecule has 0 radical (unpaired) electrons. The van der Waals surface area contributed by atoms with Crippen LogP contribution in [-0.4, -0.2) is 31.3 Å². The number of likely N-dealkylation sites (N-methyl/N-ethyl adjacent to an activating group) is 1. The molecule has 0 aliphatic heterocycles. The predicted octanol–water partition coefficient (Wildman–Crippen LogP) is 2.79. The number of pyridine rings is 1. The van der Waals surface area contributed by atoms with Gasteiger partial charge in [-0.1, -0.05) is 0 Å². The number of nitrogens with zero attached hydrogens (tertiary/aromatic N) is 1. The van der Waals surface area contributed by atoms with Crippen LogP contribution in [0.15, 0.2) is 22.8 Å². The second-order valence-electron chi connectivity index (χ2n) is 4.28. The van der Waals surface area contributed by atoms with E-state index in [1.54, 1.807) is 7.11 Å². The van der Waals surface area contributed by atoms with Gasteiger partial charge in [-0.2, -0.15) is 0 Å². The van der Waals surface area contributed by atoms with Gasteiger partial charge in [0.2, 0.25) is 0 Å². The lowest BCUT2D eigenvalue weighted by molar-refractivity contribution is 0.106. The Balaban J connectivity index is 2.43. The summed E-state index contributed by atoms with van der Waals surface area (Å²) < 4.78 is 6.28. The van der Waals surface area contributed by atoms with E-state index in [0.717, 1.165) is 29.4 Å². The fourth-order valence-corrected chi connectivity index (χ4v) is 1.92. The summed E-state index contributed by atoms with van der Waals surface area (Å²) in [7, 11) is 3.76. The van der Waals surface area contributed by atoms with Crippen molar-refractivity contribution in [2.24, 2.45) is 0 Å². The molecular formula is C13H21BrN2O. The van der Waals surface area contributed by atoms with E-state index in [2.05, 4.69) is 39.2 Å². The standard InChI is InChI=1S/C13H21BrN2O/c1-10(17-3)4-6-12(15-2)8-13-7-5-11(14)9-16-13/h5,7,9-10,12,15H,4,6,8H2,1-3H3. The Kier molecular flexibility index (Phi) is 6.70. The fraction of sp³-hybridized carbons (Fsp3) is 0.615. The highest BCUT2D eigenvalue weighted by atomic mass is 79.9. The molecule has 17 heavy (non-hydrogen) atoms. The first-order chi connectivity index (χ1) is 8.15. The van der Waals surface area contributed by atoms with Crippen LogP contribution >= 0.6 is 15.9 Å². The topological polar surface area (TPSA) is 34.1 Å². The van der Waals surface area contributed by atoms with Crippen molar-refractivity contribution in [2.75, 3.05) is 14.2 Å². The van der Waals surface area contributed by atoms with Crippen molar-refractivity contribution in [1.82, 2.24) is 10.3 Å². The minimum Gasteiger partial charge on any atom is -0.382 e. The normalized spacial score (nSPS) is 14.6. The molecule has 0 aliphatic carbocycles. The molecule has 4 heteroatoms. The summed E-state index contributed by atoms with van der Waals surface area (Å²) in [6, 6.07) is 4.56. The number of hydrogen-bond acceptors (Lipinski definition) is 3. The van der Waals surface area contributed by atoms with Crippen molar-refractivity contribution in [1.29, 1.82) is 0 Å². The first-order valence-corrected chi connectivity index (χ1v) is 6.75. The average molecular weight is 301 g/mol. The van der Waals surface area contributed by atoms with Crippen LogP contribution in [0.2, 0.25) is 0 Å². The summed E-state index contributed by atoms with van der Waals surface area (Å²) in [6.45, 7) is 2.10. The molecular weight excluding hydrogens is 280 g/mol. The van der Waals surface area contributed by atoms with Crippen molar-refractivity contribution in [2.45, 2.75) is 38.3 Å². The van der Waals surface area contributed by atoms with Gasteiger partial charge in [0, 0.05) is 35.9 Å². The van der Waals surface area contributed by atoms with Crippen LogP contribution in [0.3, 0.4) is 0 Å². The molecule has 96 valence electrons. The van der Waals surface area contributed by atoms with Gasteiger partial charge < -0.3 is 10.1 Å². The van der Waals surface area contributed by atoms with Crippen LogP contribution in [0.1, 0.15) is 25.5 Å². The van der Waals surface area contributed by atoms with Gasteiger partial charge in [0.05, 0.1) is 6.10 Å². The molecule has 1 aromatic heterocycles. The second-order valence-corrected chi connectivity index (χ2v) is 5.20. The van der Waals surface area contributed by atoms with E-state index in [-0.39, 0.29) is 0 Å². The molecule has 1 aromatic rings. The Hall–Kier alpha value is -0.450. The van der Waals surface area contributed by atoms with Gasteiger partial charge in [-0.3, -0.25) is 4.98 Å². The third kappa shape index (κ3) is 5.61. The van der Waals surface area contributed by atoms with Gasteiger partial charge in [-0.05, 0) is 54.9 Å². The highest BCUT2D eigenvalue weighted by Crippen LogP contribution is 2.11. The number of hydrogen-bond donors (Lipinski definition) is 1. The number of nitrogens with one attached hydrogen (secondary N) is 1. The zero-order valence-corrected chi connectivity index (χ0v) is 12.3. The number of methoxy groups -OCH3 is 1. The monoisotopic (exact) mass is 300 g/mol. The molecule has 0 bridgehead atoms. The van der Waals surface area contributed by atoms with Crippen LogP contribution in [0, 0.1) is 0 Å². The first kappa shape index (κ1) is 14.6. The maximum atomic E-state index is 5.26. The van der Waals surface area contributed by atoms with Gasteiger partial charge in [-0.15, -0.1) is 0 Å². The molecule has 1 heterocycles. The Morgan fingerprint density at radius 1 is 1.41 bits per heavy atom. The molecule has 0 saturated heterocycles. The van der Waals surface area contributed by atoms with Gasteiger partial charge in [0.1, 0.15) is 0 Å². The highest BCUT2D eigenvalue weighted by molar-refractivity contribution is 9.10. The maximum Gasteiger partial charge on any atom is 0.0543 e. The van der Waals surface area contributed by atoms with E-state index in [4.69, 9.17) is 4.74 Å². The molecule has 0 spiro atoms. The highest BCUT2D eigenvalue weighted by Gasteiger charge is 2.10. The first-order valence-electron chi connectivity index (χ1n) is 5.96. The van der Waals surface area contributed by atoms with Crippen molar-refractivity contribution in [3.8, 4) is 0 Å². The zero-order chi connectivity index (χ0) is 12.7. The van der Waals surface area contributed by atoms with Gasteiger partial charge >= 0.3 is 0 Å². The molecule has 0 fully saturated rings. The second kappa shape index (κ2) is 7.80. The van der Waals surface area contributed by atoms with Crippen molar-refractivity contribution < 1.29 is 4.74 Å². The number of halogens is 1. The summed E-state index contributed by atoms with van der Waals surface area (Å²) in [5.74, 6) is 0. The number of aromatic nitrogens is 1. The van der Waals surface area contributed by atoms with E-state index in [0.29, 0.717) is 12.1 Å². The molecule has 2 atom stereocenters. The van der Waals surface area contributed by atoms with E-state index in [1.165, 1.54) is 0 Å². The van der Waals surface area contributed by atoms with Gasteiger partial charge in [0.15, 0.2) is 0 Å². The summed E-state index contributed by atoms with van der Waals surface area (Å²) in [6.07, 6.45) is 5.30. The van der Waals surface area contributed by atoms with Crippen molar-refractivity contribution >= 4 is 15.9 Å². The van der Waals surface area contributed by atoms with E-state index in [9.17, 15) is 0 Å². The minimum absolute atomic E-state index is 0.323. The molecule has 0 saturated carbocycles. The lowest BCUT2D eigenvalue weighted by Gasteiger charge is -2.17. The zero-order valence-electron chi connectivity index (χ0n) is 10.7. The Morgan fingerprint density at radius 3 is 2.71 bits per heavy atom. The largest absolute Gasteiger partial charge is 0.382 e. The summed E-state index contributed by atoms with van der Waals surface area (Å²) in [4.78, 5) is 4.40. The minimum atomic E-state index is 0.323. The molecule has 1 N–H and O–H groups in total. The van der Waals surface area contributed by atoms with Crippen LogP contribution in [0.5, 0.6) is 0 Å². The van der Waals surface area contributed by atoms with Crippen LogP contribution in [0.4, 0.5) is 0 Å².